The Kier molecular flexibility index (Phi) is 8.23. The first kappa shape index (κ1) is 18.6. The molecular weight excluding hydrogens is 263 g/mol. The fourth-order valence-corrected chi connectivity index (χ4v) is 1.22. The highest BCUT2D eigenvalue weighted by atomic mass is 35.5. The van der Waals surface area contributed by atoms with Gasteiger partial charge in [0.05, 0.1) is 17.9 Å². The Morgan fingerprint density at radius 1 is 1.47 bits per heavy atom. The molecule has 1 aromatic rings. The number of likely N-dealkylation sites (N-methyl/N-ethyl adjacent to an activating group) is 1. The van der Waals surface area contributed by atoms with Crippen molar-refractivity contribution in [2.75, 3.05) is 11.9 Å². The number of nitrogens with two attached hydrogens (primary N) is 1. The van der Waals surface area contributed by atoms with Crippen LogP contribution in [0.5, 0.6) is 0 Å². The van der Waals surface area contributed by atoms with E-state index in [9.17, 15) is 4.79 Å². The number of rotatable bonds is 3. The highest BCUT2D eigenvalue weighted by Crippen LogP contribution is 2.12. The lowest BCUT2D eigenvalue weighted by molar-refractivity contribution is -0.120. The number of aromatic nitrogens is 2. The van der Waals surface area contributed by atoms with Gasteiger partial charge in [0.15, 0.2) is 0 Å². The summed E-state index contributed by atoms with van der Waals surface area (Å²) in [5.74, 6) is 0.0506. The number of halogens is 2. The van der Waals surface area contributed by atoms with E-state index in [1.165, 1.54) is 4.90 Å². The molecule has 1 aromatic heterocycles. The minimum absolute atomic E-state index is 0. The molecule has 1 heterocycles. The summed E-state index contributed by atoms with van der Waals surface area (Å²) in [6, 6.07) is -0.463. The normalized spacial score (nSPS) is 11.4. The van der Waals surface area contributed by atoms with Crippen molar-refractivity contribution in [3.63, 3.8) is 0 Å². The van der Waals surface area contributed by atoms with Gasteiger partial charge >= 0.3 is 0 Å². The fourth-order valence-electron chi connectivity index (χ4n) is 1.22. The summed E-state index contributed by atoms with van der Waals surface area (Å²) in [5.41, 5.74) is 6.55. The van der Waals surface area contributed by atoms with Crippen LogP contribution >= 0.6 is 24.8 Å². The summed E-state index contributed by atoms with van der Waals surface area (Å²) in [7, 11) is 3.52. The summed E-state index contributed by atoms with van der Waals surface area (Å²) in [6.07, 6.45) is 3.43. The van der Waals surface area contributed by atoms with Crippen LogP contribution in [-0.4, -0.2) is 28.8 Å². The van der Waals surface area contributed by atoms with Crippen molar-refractivity contribution in [2.45, 2.75) is 19.9 Å². The number of anilines is 1. The SMILES string of the molecule is CC(C)[C@H](N)C(=O)N(C)c1cnn(C)c1.Cl.Cl. The van der Waals surface area contributed by atoms with Crippen molar-refractivity contribution < 1.29 is 4.79 Å². The van der Waals surface area contributed by atoms with Crippen LogP contribution in [0.15, 0.2) is 12.4 Å². The van der Waals surface area contributed by atoms with E-state index in [0.717, 1.165) is 5.69 Å². The van der Waals surface area contributed by atoms with E-state index in [-0.39, 0.29) is 36.6 Å². The maximum Gasteiger partial charge on any atom is 0.243 e. The summed E-state index contributed by atoms with van der Waals surface area (Å²) < 4.78 is 1.65. The van der Waals surface area contributed by atoms with E-state index in [1.54, 1.807) is 24.1 Å². The molecule has 100 valence electrons. The van der Waals surface area contributed by atoms with E-state index in [4.69, 9.17) is 5.73 Å². The van der Waals surface area contributed by atoms with E-state index in [2.05, 4.69) is 5.10 Å². The molecule has 0 saturated heterocycles. The second-order valence-electron chi connectivity index (χ2n) is 4.04. The van der Waals surface area contributed by atoms with Crippen LogP contribution in [-0.2, 0) is 11.8 Å². The second-order valence-corrected chi connectivity index (χ2v) is 4.04. The van der Waals surface area contributed by atoms with Crippen LogP contribution < -0.4 is 10.6 Å². The Hall–Kier alpha value is -0.780. The number of nitrogens with zero attached hydrogens (tertiary/aromatic N) is 3. The number of amides is 1. The van der Waals surface area contributed by atoms with Gasteiger partial charge in [-0.25, -0.2) is 0 Å². The Morgan fingerprint density at radius 3 is 2.35 bits per heavy atom. The lowest BCUT2D eigenvalue weighted by atomic mass is 10.0. The molecule has 0 aliphatic rings. The molecule has 0 aliphatic carbocycles. The molecule has 7 heteroatoms. The highest BCUT2D eigenvalue weighted by Gasteiger charge is 2.22. The first-order valence-electron chi connectivity index (χ1n) is 4.95. The van der Waals surface area contributed by atoms with Gasteiger partial charge in [-0.3, -0.25) is 9.48 Å². The van der Waals surface area contributed by atoms with Gasteiger partial charge in [-0.05, 0) is 5.92 Å². The molecule has 0 unspecified atom stereocenters. The molecule has 0 bridgehead atoms. The average Bonchev–Trinajstić information content (AvgIpc) is 2.61. The van der Waals surface area contributed by atoms with Gasteiger partial charge in [0.2, 0.25) is 5.91 Å². The quantitative estimate of drug-likeness (QED) is 0.907. The molecular formula is C10H20Cl2N4O. The van der Waals surface area contributed by atoms with Crippen molar-refractivity contribution in [3.05, 3.63) is 12.4 Å². The molecule has 0 aromatic carbocycles. The molecule has 1 atom stereocenters. The number of carbonyl (C=O) groups is 1. The third-order valence-corrected chi connectivity index (χ3v) is 2.41. The van der Waals surface area contributed by atoms with E-state index >= 15 is 0 Å². The average molecular weight is 283 g/mol. The Balaban J connectivity index is 0. The smallest absolute Gasteiger partial charge is 0.243 e. The third-order valence-electron chi connectivity index (χ3n) is 2.41. The van der Waals surface area contributed by atoms with Gasteiger partial charge in [-0.15, -0.1) is 24.8 Å². The van der Waals surface area contributed by atoms with Crippen molar-refractivity contribution in [3.8, 4) is 0 Å². The van der Waals surface area contributed by atoms with Crippen molar-refractivity contribution in [2.24, 2.45) is 18.7 Å². The fraction of sp³-hybridized carbons (Fsp3) is 0.600. The molecule has 2 N–H and O–H groups in total. The molecule has 0 radical (unpaired) electrons. The predicted octanol–water partition coefficient (Wildman–Crippen LogP) is 1.21. The minimum Gasteiger partial charge on any atom is -0.320 e. The molecule has 1 amide bonds. The van der Waals surface area contributed by atoms with E-state index in [1.807, 2.05) is 20.9 Å². The van der Waals surface area contributed by atoms with Gasteiger partial charge in [0.1, 0.15) is 0 Å². The van der Waals surface area contributed by atoms with Gasteiger partial charge < -0.3 is 10.6 Å². The van der Waals surface area contributed by atoms with Gasteiger partial charge in [-0.1, -0.05) is 13.8 Å². The van der Waals surface area contributed by atoms with Crippen LogP contribution in [0.25, 0.3) is 0 Å². The zero-order valence-corrected chi connectivity index (χ0v) is 12.1. The third kappa shape index (κ3) is 4.53. The zero-order valence-electron chi connectivity index (χ0n) is 10.5. The second kappa shape index (κ2) is 7.53. The van der Waals surface area contributed by atoms with Gasteiger partial charge in [0.25, 0.3) is 0 Å². The lowest BCUT2D eigenvalue weighted by Crippen LogP contribution is -2.44. The summed E-state index contributed by atoms with van der Waals surface area (Å²) >= 11 is 0. The Bertz CT molecular complexity index is 354. The van der Waals surface area contributed by atoms with Crippen LogP contribution in [0.4, 0.5) is 5.69 Å². The lowest BCUT2D eigenvalue weighted by Gasteiger charge is -2.21. The molecule has 0 fully saturated rings. The maximum atomic E-state index is 11.9. The molecule has 17 heavy (non-hydrogen) atoms. The van der Waals surface area contributed by atoms with E-state index in [0.29, 0.717) is 0 Å². The molecule has 0 spiro atoms. The number of carbonyl (C=O) groups excluding carboxylic acids is 1. The summed E-state index contributed by atoms with van der Waals surface area (Å²) in [5, 5.41) is 4.01. The standard InChI is InChI=1S/C10H18N4O.2ClH/c1-7(2)9(11)10(15)14(4)8-5-12-13(3)6-8;;/h5-7,9H,11H2,1-4H3;2*1H/t9-;;/m0../s1. The summed E-state index contributed by atoms with van der Waals surface area (Å²) in [4.78, 5) is 13.4. The first-order valence-corrected chi connectivity index (χ1v) is 4.95. The van der Waals surface area contributed by atoms with Crippen LogP contribution in [0.2, 0.25) is 0 Å². The van der Waals surface area contributed by atoms with Crippen LogP contribution in [0, 0.1) is 5.92 Å². The Morgan fingerprint density at radius 2 is 2.00 bits per heavy atom. The monoisotopic (exact) mass is 282 g/mol. The largest absolute Gasteiger partial charge is 0.320 e. The number of hydrogen-bond donors (Lipinski definition) is 1. The minimum atomic E-state index is -0.463. The van der Waals surface area contributed by atoms with Crippen LogP contribution in [0.3, 0.4) is 0 Å². The molecule has 5 nitrogen and oxygen atoms in total. The van der Waals surface area contributed by atoms with Crippen molar-refractivity contribution in [1.29, 1.82) is 0 Å². The van der Waals surface area contributed by atoms with Crippen molar-refractivity contribution >= 4 is 36.4 Å². The predicted molar refractivity (Wildman–Crippen MR) is 73.9 cm³/mol. The van der Waals surface area contributed by atoms with E-state index < -0.39 is 6.04 Å². The van der Waals surface area contributed by atoms with Gasteiger partial charge in [-0.2, -0.15) is 5.10 Å². The number of hydrogen-bond acceptors (Lipinski definition) is 3. The Labute approximate surface area is 114 Å². The molecule has 0 saturated carbocycles. The maximum absolute atomic E-state index is 11.9. The first-order chi connectivity index (χ1) is 6.93. The van der Waals surface area contributed by atoms with Gasteiger partial charge in [0, 0.05) is 20.3 Å². The molecule has 0 aliphatic heterocycles. The van der Waals surface area contributed by atoms with Crippen molar-refractivity contribution in [1.82, 2.24) is 9.78 Å². The number of aryl methyl sites for hydroxylation is 1. The summed E-state index contributed by atoms with van der Waals surface area (Å²) in [6.45, 7) is 3.86. The molecule has 1 rings (SSSR count). The zero-order chi connectivity index (χ0) is 11.6. The van der Waals surface area contributed by atoms with Crippen LogP contribution in [0.1, 0.15) is 13.8 Å². The highest BCUT2D eigenvalue weighted by molar-refractivity contribution is 5.96. The topological polar surface area (TPSA) is 64.2 Å².